The van der Waals surface area contributed by atoms with Crippen LogP contribution in [0, 0.1) is 0 Å². The molecule has 5 rings (SSSR count). The summed E-state index contributed by atoms with van der Waals surface area (Å²) in [5.41, 5.74) is 3.18. The first-order chi connectivity index (χ1) is 16.6. The summed E-state index contributed by atoms with van der Waals surface area (Å²) < 4.78 is 39.6. The predicted octanol–water partition coefficient (Wildman–Crippen LogP) is 5.02. The van der Waals surface area contributed by atoms with Crippen molar-refractivity contribution in [1.29, 1.82) is 0 Å². The quantitative estimate of drug-likeness (QED) is 0.348. The van der Waals surface area contributed by atoms with Gasteiger partial charge in [-0.25, -0.2) is 0 Å². The lowest BCUT2D eigenvalue weighted by molar-refractivity contribution is 0.327. The fraction of sp³-hybridized carbons (Fsp3) is 0.280. The lowest BCUT2D eigenvalue weighted by Crippen LogP contribution is -1.95. The topological polar surface area (TPSA) is 96.2 Å². The van der Waals surface area contributed by atoms with Crippen LogP contribution < -0.4 is 33.2 Å². The minimum Gasteiger partial charge on any atom is -0.493 e. The Hall–Kier alpha value is -4.14. The van der Waals surface area contributed by atoms with Gasteiger partial charge in [0, 0.05) is 21.5 Å². The van der Waals surface area contributed by atoms with Crippen molar-refractivity contribution in [1.82, 2.24) is 9.97 Å². The molecular weight excluding hydrogens is 440 g/mol. The second-order valence-corrected chi connectivity index (χ2v) is 7.64. The summed E-state index contributed by atoms with van der Waals surface area (Å²) in [7, 11) is 11.2. The van der Waals surface area contributed by atoms with E-state index >= 15 is 0 Å². The van der Waals surface area contributed by atoms with E-state index in [1.807, 2.05) is 12.1 Å². The van der Waals surface area contributed by atoms with Gasteiger partial charge in [0.2, 0.25) is 11.5 Å². The number of fused-ring (bicyclic) bond motifs is 6. The number of aromatic nitrogens is 2. The first-order valence-corrected chi connectivity index (χ1v) is 10.5. The summed E-state index contributed by atoms with van der Waals surface area (Å²) >= 11 is 0. The maximum atomic E-state index is 5.90. The standard InChI is InChI=1S/C25H26N2O7/c1-28-15-9-13-11-8-12-14-10-16(29-2)22(31-4)25(34-7)20(14)27-18(12)23(32-5)17(11)26-19(13)24(33-6)21(15)30-3/h8-10,26-27H,1-7H3. The van der Waals surface area contributed by atoms with Crippen LogP contribution in [0.15, 0.2) is 18.2 Å². The number of hydrogen-bond acceptors (Lipinski definition) is 7. The molecule has 0 unspecified atom stereocenters. The number of hydrogen-bond donors (Lipinski definition) is 2. The van der Waals surface area contributed by atoms with Gasteiger partial charge in [0.05, 0.1) is 71.8 Å². The van der Waals surface area contributed by atoms with Crippen molar-refractivity contribution in [3.8, 4) is 40.2 Å². The van der Waals surface area contributed by atoms with Gasteiger partial charge < -0.3 is 43.1 Å². The van der Waals surface area contributed by atoms with E-state index in [0.717, 1.165) is 43.6 Å². The van der Waals surface area contributed by atoms with E-state index in [1.54, 1.807) is 49.8 Å². The normalized spacial score (nSPS) is 11.4. The highest BCUT2D eigenvalue weighted by atomic mass is 16.5. The third-order valence-electron chi connectivity index (χ3n) is 6.23. The van der Waals surface area contributed by atoms with Crippen molar-refractivity contribution in [3.63, 3.8) is 0 Å². The lowest BCUT2D eigenvalue weighted by Gasteiger charge is -2.13. The number of aromatic amines is 2. The van der Waals surface area contributed by atoms with E-state index in [0.29, 0.717) is 40.2 Å². The molecule has 3 aromatic carbocycles. The Labute approximate surface area is 195 Å². The van der Waals surface area contributed by atoms with Gasteiger partial charge in [-0.2, -0.15) is 0 Å². The highest BCUT2D eigenvalue weighted by molar-refractivity contribution is 6.22. The summed E-state index contributed by atoms with van der Waals surface area (Å²) in [6.45, 7) is 0. The number of methoxy groups -OCH3 is 7. The van der Waals surface area contributed by atoms with Gasteiger partial charge in [-0.15, -0.1) is 0 Å². The Morgan fingerprint density at radius 2 is 0.706 bits per heavy atom. The third kappa shape index (κ3) is 2.73. The van der Waals surface area contributed by atoms with Crippen LogP contribution in [0.5, 0.6) is 40.2 Å². The largest absolute Gasteiger partial charge is 0.493 e. The molecule has 0 fully saturated rings. The molecule has 0 saturated heterocycles. The molecule has 5 aromatic rings. The monoisotopic (exact) mass is 466 g/mol. The second-order valence-electron chi connectivity index (χ2n) is 7.64. The molecule has 9 nitrogen and oxygen atoms in total. The molecule has 0 saturated carbocycles. The Balaban J connectivity index is 1.99. The SMILES string of the molecule is COc1cc2c([nH]c3c(OC)c4[nH]c5c(OC)c(OC)c(OC)cc5c4cc32)c(OC)c1OC. The molecule has 2 N–H and O–H groups in total. The van der Waals surface area contributed by atoms with Crippen LogP contribution >= 0.6 is 0 Å². The zero-order valence-corrected chi connectivity index (χ0v) is 20.1. The Bertz CT molecular complexity index is 1450. The van der Waals surface area contributed by atoms with Crippen LogP contribution in [-0.2, 0) is 0 Å². The molecule has 0 spiro atoms. The van der Waals surface area contributed by atoms with Crippen LogP contribution in [0.3, 0.4) is 0 Å². The number of H-pyrrole nitrogens is 2. The fourth-order valence-corrected chi connectivity index (χ4v) is 4.77. The van der Waals surface area contributed by atoms with Crippen LogP contribution in [0.4, 0.5) is 0 Å². The Morgan fingerprint density at radius 1 is 0.382 bits per heavy atom. The summed E-state index contributed by atoms with van der Waals surface area (Å²) in [5, 5.41) is 3.69. The van der Waals surface area contributed by atoms with Gasteiger partial charge >= 0.3 is 0 Å². The molecule has 0 bridgehead atoms. The van der Waals surface area contributed by atoms with Crippen molar-refractivity contribution < 1.29 is 33.2 Å². The lowest BCUT2D eigenvalue weighted by atomic mass is 10.1. The van der Waals surface area contributed by atoms with Crippen molar-refractivity contribution >= 4 is 43.6 Å². The molecule has 0 atom stereocenters. The summed E-state index contributed by atoms with van der Waals surface area (Å²) in [5.74, 6) is 3.92. The van der Waals surface area contributed by atoms with Gasteiger partial charge in [-0.3, -0.25) is 0 Å². The smallest absolute Gasteiger partial charge is 0.205 e. The van der Waals surface area contributed by atoms with Crippen molar-refractivity contribution in [2.45, 2.75) is 0 Å². The predicted molar refractivity (Wildman–Crippen MR) is 131 cm³/mol. The second kappa shape index (κ2) is 8.02. The molecule has 0 aliphatic carbocycles. The molecule has 178 valence electrons. The van der Waals surface area contributed by atoms with Crippen molar-refractivity contribution in [2.24, 2.45) is 0 Å². The van der Waals surface area contributed by atoms with E-state index < -0.39 is 0 Å². The molecular formula is C25H26N2O7. The van der Waals surface area contributed by atoms with E-state index in [-0.39, 0.29) is 0 Å². The minimum absolute atomic E-state index is 0.514. The first-order valence-electron chi connectivity index (χ1n) is 10.5. The number of benzene rings is 3. The van der Waals surface area contributed by atoms with Gasteiger partial charge in [0.25, 0.3) is 0 Å². The van der Waals surface area contributed by atoms with E-state index in [4.69, 9.17) is 33.2 Å². The molecule has 0 radical (unpaired) electrons. The molecule has 2 heterocycles. The molecule has 0 amide bonds. The maximum absolute atomic E-state index is 5.90. The molecule has 2 aromatic heterocycles. The average molecular weight is 466 g/mol. The van der Waals surface area contributed by atoms with Crippen LogP contribution in [0.1, 0.15) is 0 Å². The van der Waals surface area contributed by atoms with Crippen LogP contribution in [-0.4, -0.2) is 59.7 Å². The van der Waals surface area contributed by atoms with E-state index in [1.165, 1.54) is 0 Å². The fourth-order valence-electron chi connectivity index (χ4n) is 4.77. The molecule has 9 heteroatoms. The molecule has 0 aliphatic rings. The maximum Gasteiger partial charge on any atom is 0.205 e. The Kier molecular flexibility index (Phi) is 5.11. The highest BCUT2D eigenvalue weighted by Crippen LogP contribution is 2.50. The molecule has 34 heavy (non-hydrogen) atoms. The Morgan fingerprint density at radius 3 is 1.03 bits per heavy atom. The van der Waals surface area contributed by atoms with Gasteiger partial charge in [0.1, 0.15) is 0 Å². The van der Waals surface area contributed by atoms with Gasteiger partial charge in [-0.1, -0.05) is 0 Å². The van der Waals surface area contributed by atoms with Crippen LogP contribution in [0.2, 0.25) is 0 Å². The zero-order valence-electron chi connectivity index (χ0n) is 20.1. The summed E-state index contributed by atoms with van der Waals surface area (Å²) in [6.07, 6.45) is 0. The van der Waals surface area contributed by atoms with E-state index in [2.05, 4.69) is 16.0 Å². The first kappa shape index (κ1) is 21.7. The highest BCUT2D eigenvalue weighted by Gasteiger charge is 2.25. The summed E-state index contributed by atoms with van der Waals surface area (Å²) in [4.78, 5) is 6.93. The summed E-state index contributed by atoms with van der Waals surface area (Å²) in [6, 6.07) is 5.96. The number of ether oxygens (including phenoxy) is 7. The van der Waals surface area contributed by atoms with E-state index in [9.17, 15) is 0 Å². The van der Waals surface area contributed by atoms with Gasteiger partial charge in [0.15, 0.2) is 28.7 Å². The number of nitrogens with one attached hydrogen (secondary N) is 2. The zero-order chi connectivity index (χ0) is 24.1. The van der Waals surface area contributed by atoms with Gasteiger partial charge in [-0.05, 0) is 18.2 Å². The van der Waals surface area contributed by atoms with Crippen molar-refractivity contribution in [3.05, 3.63) is 18.2 Å². The average Bonchev–Trinajstić information content (AvgIpc) is 3.42. The third-order valence-corrected chi connectivity index (χ3v) is 6.23. The number of rotatable bonds is 7. The van der Waals surface area contributed by atoms with Crippen molar-refractivity contribution in [2.75, 3.05) is 49.8 Å². The van der Waals surface area contributed by atoms with Crippen LogP contribution in [0.25, 0.3) is 43.6 Å². The molecule has 0 aliphatic heterocycles. The minimum atomic E-state index is 0.514.